The summed E-state index contributed by atoms with van der Waals surface area (Å²) in [7, 11) is 0. The molecule has 0 radical (unpaired) electrons. The van der Waals surface area contributed by atoms with E-state index in [0.717, 1.165) is 61.5 Å². The number of hydrogen-bond donors (Lipinski definition) is 1. The Bertz CT molecular complexity index is 987. The lowest BCUT2D eigenvalue weighted by Crippen LogP contribution is -2.43. The molecule has 4 nitrogen and oxygen atoms in total. The number of anilines is 1. The van der Waals surface area contributed by atoms with Crippen LogP contribution >= 0.6 is 0 Å². The summed E-state index contributed by atoms with van der Waals surface area (Å²) in [6, 6.07) is 7.44. The molecule has 1 unspecified atom stereocenters. The van der Waals surface area contributed by atoms with Crippen LogP contribution in [0.15, 0.2) is 24.3 Å². The predicted molar refractivity (Wildman–Crippen MR) is 124 cm³/mol. The van der Waals surface area contributed by atoms with Crippen molar-refractivity contribution in [3.63, 3.8) is 0 Å². The van der Waals surface area contributed by atoms with E-state index in [-0.39, 0.29) is 11.8 Å². The number of unbranched alkanes of at least 4 members (excludes halogenated alkanes) is 2. The highest BCUT2D eigenvalue weighted by Gasteiger charge is 2.35. The summed E-state index contributed by atoms with van der Waals surface area (Å²) < 4.78 is 0. The highest BCUT2D eigenvalue weighted by atomic mass is 16.2. The van der Waals surface area contributed by atoms with Crippen molar-refractivity contribution in [3.8, 4) is 12.3 Å². The van der Waals surface area contributed by atoms with E-state index in [2.05, 4.69) is 32.0 Å². The maximum absolute atomic E-state index is 13.4. The van der Waals surface area contributed by atoms with E-state index in [1.165, 1.54) is 4.90 Å². The van der Waals surface area contributed by atoms with Gasteiger partial charge in [-0.2, -0.15) is 0 Å². The predicted octanol–water partition coefficient (Wildman–Crippen LogP) is 5.85. The Kier molecular flexibility index (Phi) is 7.15. The monoisotopic (exact) mass is 404 g/mol. The van der Waals surface area contributed by atoms with Gasteiger partial charge in [0.15, 0.2) is 0 Å². The lowest BCUT2D eigenvalue weighted by atomic mass is 9.89. The van der Waals surface area contributed by atoms with E-state index in [9.17, 15) is 9.59 Å². The summed E-state index contributed by atoms with van der Waals surface area (Å²) >= 11 is 0. The summed E-state index contributed by atoms with van der Waals surface area (Å²) in [4.78, 5) is 28.1. The van der Waals surface area contributed by atoms with Crippen LogP contribution in [0.3, 0.4) is 0 Å². The molecule has 0 spiro atoms. The third-order valence-electron chi connectivity index (χ3n) is 6.08. The van der Waals surface area contributed by atoms with Crippen LogP contribution in [0.25, 0.3) is 10.8 Å². The van der Waals surface area contributed by atoms with Gasteiger partial charge in [0.2, 0.25) is 0 Å². The van der Waals surface area contributed by atoms with Gasteiger partial charge in [0, 0.05) is 35.0 Å². The molecular weight excluding hydrogens is 372 g/mol. The number of amides is 2. The van der Waals surface area contributed by atoms with E-state index < -0.39 is 0 Å². The fourth-order valence-corrected chi connectivity index (χ4v) is 4.25. The molecular formula is C26H32N2O2. The van der Waals surface area contributed by atoms with Crippen molar-refractivity contribution in [1.82, 2.24) is 4.90 Å². The number of rotatable bonds is 10. The molecule has 2 amide bonds. The molecule has 1 aliphatic heterocycles. The second kappa shape index (κ2) is 9.80. The van der Waals surface area contributed by atoms with Gasteiger partial charge < -0.3 is 5.32 Å². The van der Waals surface area contributed by atoms with Crippen molar-refractivity contribution in [2.24, 2.45) is 5.92 Å². The molecule has 2 aromatic carbocycles. The van der Waals surface area contributed by atoms with Gasteiger partial charge in [-0.25, -0.2) is 0 Å². The molecule has 0 saturated carbocycles. The number of imide groups is 1. The normalized spacial score (nSPS) is 14.1. The highest BCUT2D eigenvalue weighted by molar-refractivity contribution is 6.27. The second-order valence-electron chi connectivity index (χ2n) is 8.14. The fourth-order valence-electron chi connectivity index (χ4n) is 4.25. The van der Waals surface area contributed by atoms with Crippen LogP contribution in [0.4, 0.5) is 5.69 Å². The SMILES string of the molecule is C#Cc1cc2c3c(cccc3c1NCCCC)C(=O)N(CC(CC)CCCC)C2=O. The van der Waals surface area contributed by atoms with Gasteiger partial charge in [0.1, 0.15) is 0 Å². The average molecular weight is 405 g/mol. The van der Waals surface area contributed by atoms with Crippen LogP contribution in [-0.4, -0.2) is 29.8 Å². The number of terminal acetylenes is 1. The smallest absolute Gasteiger partial charge is 0.261 e. The Labute approximate surface area is 180 Å². The van der Waals surface area contributed by atoms with Gasteiger partial charge >= 0.3 is 0 Å². The zero-order chi connectivity index (χ0) is 21.7. The number of nitrogens with one attached hydrogen (secondary N) is 1. The molecule has 1 atom stereocenters. The van der Waals surface area contributed by atoms with E-state index >= 15 is 0 Å². The lowest BCUT2D eigenvalue weighted by Gasteiger charge is -2.31. The minimum absolute atomic E-state index is 0.194. The molecule has 1 aliphatic rings. The van der Waals surface area contributed by atoms with Crippen LogP contribution in [0.1, 0.15) is 85.6 Å². The van der Waals surface area contributed by atoms with Crippen molar-refractivity contribution in [2.45, 2.75) is 59.3 Å². The highest BCUT2D eigenvalue weighted by Crippen LogP contribution is 2.37. The largest absolute Gasteiger partial charge is 0.384 e. The minimum Gasteiger partial charge on any atom is -0.384 e. The summed E-state index contributed by atoms with van der Waals surface area (Å²) in [6.07, 6.45) is 12.1. The van der Waals surface area contributed by atoms with Crippen LogP contribution < -0.4 is 5.32 Å². The Morgan fingerprint density at radius 2 is 1.80 bits per heavy atom. The Balaban J connectivity index is 2.06. The topological polar surface area (TPSA) is 49.4 Å². The Morgan fingerprint density at radius 1 is 1.07 bits per heavy atom. The number of carbonyl (C=O) groups is 2. The number of hydrogen-bond acceptors (Lipinski definition) is 3. The molecule has 1 N–H and O–H groups in total. The third-order valence-corrected chi connectivity index (χ3v) is 6.08. The molecule has 0 fully saturated rings. The summed E-state index contributed by atoms with van der Waals surface area (Å²) in [5, 5.41) is 5.02. The van der Waals surface area contributed by atoms with Crippen molar-refractivity contribution in [1.29, 1.82) is 0 Å². The maximum Gasteiger partial charge on any atom is 0.261 e. The van der Waals surface area contributed by atoms with Crippen molar-refractivity contribution < 1.29 is 9.59 Å². The van der Waals surface area contributed by atoms with E-state index in [1.54, 1.807) is 6.07 Å². The molecule has 0 saturated heterocycles. The van der Waals surface area contributed by atoms with Gasteiger partial charge in [-0.05, 0) is 30.9 Å². The number of carbonyl (C=O) groups excluding carboxylic acids is 2. The summed E-state index contributed by atoms with van der Waals surface area (Å²) in [6.45, 7) is 7.68. The van der Waals surface area contributed by atoms with Gasteiger partial charge in [0.05, 0.1) is 11.3 Å². The van der Waals surface area contributed by atoms with E-state index in [1.807, 2.05) is 18.2 Å². The number of nitrogens with zero attached hydrogens (tertiary/aromatic N) is 1. The van der Waals surface area contributed by atoms with Crippen molar-refractivity contribution in [3.05, 3.63) is 41.0 Å². The molecule has 0 bridgehead atoms. The van der Waals surface area contributed by atoms with E-state index in [0.29, 0.717) is 29.2 Å². The third kappa shape index (κ3) is 4.07. The fraction of sp³-hybridized carbons (Fsp3) is 0.462. The Hall–Kier alpha value is -2.80. The van der Waals surface area contributed by atoms with Crippen LogP contribution in [0.5, 0.6) is 0 Å². The lowest BCUT2D eigenvalue weighted by molar-refractivity contribution is 0.0580. The van der Waals surface area contributed by atoms with Crippen molar-refractivity contribution >= 4 is 28.3 Å². The standard InChI is InChI=1S/C26H32N2O2/c1-5-9-12-18(7-3)17-28-25(29)21-14-11-13-20-23(21)22(26(28)30)16-19(8-4)24(20)27-15-10-6-2/h4,11,13-14,16,18,27H,5-7,9-10,12,15,17H2,1-3H3. The molecule has 2 aromatic rings. The average Bonchev–Trinajstić information content (AvgIpc) is 2.77. The van der Waals surface area contributed by atoms with Crippen LogP contribution in [0, 0.1) is 18.3 Å². The Morgan fingerprint density at radius 3 is 2.47 bits per heavy atom. The summed E-state index contributed by atoms with van der Waals surface area (Å²) in [5.41, 5.74) is 2.65. The van der Waals surface area contributed by atoms with Crippen LogP contribution in [0.2, 0.25) is 0 Å². The summed E-state index contributed by atoms with van der Waals surface area (Å²) in [5.74, 6) is 2.64. The van der Waals surface area contributed by atoms with Gasteiger partial charge in [-0.15, -0.1) is 6.42 Å². The first-order valence-corrected chi connectivity index (χ1v) is 11.2. The van der Waals surface area contributed by atoms with Gasteiger partial charge in [0.25, 0.3) is 11.8 Å². The van der Waals surface area contributed by atoms with Gasteiger partial charge in [-0.3, -0.25) is 14.5 Å². The molecule has 0 aromatic heterocycles. The maximum atomic E-state index is 13.4. The van der Waals surface area contributed by atoms with Crippen LogP contribution in [-0.2, 0) is 0 Å². The zero-order valence-electron chi connectivity index (χ0n) is 18.4. The van der Waals surface area contributed by atoms with Crippen molar-refractivity contribution in [2.75, 3.05) is 18.4 Å². The quantitative estimate of drug-likeness (QED) is 0.307. The van der Waals surface area contributed by atoms with Gasteiger partial charge in [-0.1, -0.05) is 64.5 Å². The molecule has 4 heteroatoms. The molecule has 1 heterocycles. The zero-order valence-corrected chi connectivity index (χ0v) is 18.4. The molecule has 158 valence electrons. The first-order valence-electron chi connectivity index (χ1n) is 11.2. The molecule has 30 heavy (non-hydrogen) atoms. The first kappa shape index (κ1) is 21.9. The second-order valence-corrected chi connectivity index (χ2v) is 8.14. The first-order chi connectivity index (χ1) is 14.6. The number of benzene rings is 2. The molecule has 0 aliphatic carbocycles. The van der Waals surface area contributed by atoms with E-state index in [4.69, 9.17) is 6.42 Å². The molecule has 3 rings (SSSR count). The minimum atomic E-state index is -0.227.